The molecule has 4 amide bonds. The van der Waals surface area contributed by atoms with Crippen LogP contribution in [0.15, 0.2) is 114 Å². The van der Waals surface area contributed by atoms with Gasteiger partial charge in [-0.15, -0.1) is 11.8 Å². The van der Waals surface area contributed by atoms with Crippen molar-refractivity contribution in [1.82, 2.24) is 5.32 Å². The van der Waals surface area contributed by atoms with Gasteiger partial charge in [-0.25, -0.2) is 4.39 Å². The van der Waals surface area contributed by atoms with Crippen molar-refractivity contribution in [2.24, 2.45) is 0 Å². The fraction of sp³-hybridized carbons (Fsp3) is 0.0625. The van der Waals surface area contributed by atoms with E-state index in [9.17, 15) is 23.6 Å². The summed E-state index contributed by atoms with van der Waals surface area (Å²) >= 11 is 1.31. The molecular formula is C32H27FN4O4S. The van der Waals surface area contributed by atoms with E-state index in [-0.39, 0.29) is 28.8 Å². The minimum Gasteiger partial charge on any atom is -0.326 e. The van der Waals surface area contributed by atoms with Gasteiger partial charge in [0.25, 0.3) is 11.8 Å². The molecule has 0 radical (unpaired) electrons. The van der Waals surface area contributed by atoms with Crippen LogP contribution in [0.3, 0.4) is 0 Å². The summed E-state index contributed by atoms with van der Waals surface area (Å²) in [5.41, 5.74) is 2.04. The number of anilines is 3. The summed E-state index contributed by atoms with van der Waals surface area (Å²) in [5, 5.41) is 10.8. The quantitative estimate of drug-likeness (QED) is 0.137. The van der Waals surface area contributed by atoms with Crippen LogP contribution in [0.5, 0.6) is 0 Å². The van der Waals surface area contributed by atoms with E-state index in [0.29, 0.717) is 22.6 Å². The molecule has 4 rings (SSSR count). The summed E-state index contributed by atoms with van der Waals surface area (Å²) in [6.07, 6.45) is 1.28. The predicted octanol–water partition coefficient (Wildman–Crippen LogP) is 5.92. The van der Waals surface area contributed by atoms with Crippen LogP contribution in [0.25, 0.3) is 6.08 Å². The number of amides is 4. The summed E-state index contributed by atoms with van der Waals surface area (Å²) < 4.78 is 14.3. The zero-order valence-electron chi connectivity index (χ0n) is 22.5. The van der Waals surface area contributed by atoms with Crippen LogP contribution < -0.4 is 21.3 Å². The lowest BCUT2D eigenvalue weighted by atomic mass is 10.1. The minimum atomic E-state index is -0.633. The van der Waals surface area contributed by atoms with Crippen molar-refractivity contribution in [3.63, 3.8) is 0 Å². The fourth-order valence-electron chi connectivity index (χ4n) is 3.71. The standard InChI is InChI=1S/C32H27FN4O4S/c1-21(38)34-24-11-13-25(14-12-24)35-30(39)20-42-27-17-15-26(16-18-27)36-32(41)29(19-23-9-5-6-10-28(23)33)37-31(40)22-7-3-2-4-8-22/h2-19H,20H2,1H3,(H,34,38)(H,35,39)(H,36,41)(H,37,40)/b29-19-. The van der Waals surface area contributed by atoms with Crippen molar-refractivity contribution in [3.8, 4) is 0 Å². The highest BCUT2D eigenvalue weighted by molar-refractivity contribution is 8.00. The van der Waals surface area contributed by atoms with Crippen LogP contribution in [0.2, 0.25) is 0 Å². The number of rotatable bonds is 10. The normalized spacial score (nSPS) is 10.9. The maximum Gasteiger partial charge on any atom is 0.272 e. The van der Waals surface area contributed by atoms with Crippen LogP contribution in [-0.4, -0.2) is 29.4 Å². The van der Waals surface area contributed by atoms with Gasteiger partial charge in [0.2, 0.25) is 11.8 Å². The van der Waals surface area contributed by atoms with Gasteiger partial charge < -0.3 is 21.3 Å². The van der Waals surface area contributed by atoms with Gasteiger partial charge in [-0.1, -0.05) is 36.4 Å². The third kappa shape index (κ3) is 8.90. The van der Waals surface area contributed by atoms with Crippen molar-refractivity contribution in [2.75, 3.05) is 21.7 Å². The van der Waals surface area contributed by atoms with E-state index < -0.39 is 17.6 Å². The van der Waals surface area contributed by atoms with E-state index in [2.05, 4.69) is 21.3 Å². The highest BCUT2D eigenvalue weighted by atomic mass is 32.2. The van der Waals surface area contributed by atoms with Crippen molar-refractivity contribution in [1.29, 1.82) is 0 Å². The number of halogens is 1. The number of nitrogens with one attached hydrogen (secondary N) is 4. The molecule has 0 unspecified atom stereocenters. The first-order valence-electron chi connectivity index (χ1n) is 12.8. The molecular weight excluding hydrogens is 555 g/mol. The smallest absolute Gasteiger partial charge is 0.272 e. The Balaban J connectivity index is 1.37. The van der Waals surface area contributed by atoms with E-state index in [4.69, 9.17) is 0 Å². The first kappa shape index (κ1) is 29.8. The summed E-state index contributed by atoms with van der Waals surface area (Å²) in [4.78, 5) is 50.2. The lowest BCUT2D eigenvalue weighted by Crippen LogP contribution is -2.30. The van der Waals surface area contributed by atoms with E-state index in [0.717, 1.165) is 4.90 Å². The molecule has 4 N–H and O–H groups in total. The Labute approximate surface area is 246 Å². The number of benzene rings is 4. The molecule has 0 saturated carbocycles. The Bertz CT molecular complexity index is 1610. The van der Waals surface area contributed by atoms with Gasteiger partial charge in [-0.2, -0.15) is 0 Å². The minimum absolute atomic E-state index is 0.130. The van der Waals surface area contributed by atoms with Crippen molar-refractivity contribution >= 4 is 58.5 Å². The zero-order chi connectivity index (χ0) is 29.9. The lowest BCUT2D eigenvalue weighted by molar-refractivity contribution is -0.114. The molecule has 0 fully saturated rings. The highest BCUT2D eigenvalue weighted by Crippen LogP contribution is 2.22. The lowest BCUT2D eigenvalue weighted by Gasteiger charge is -2.12. The molecule has 0 atom stereocenters. The number of hydrogen-bond acceptors (Lipinski definition) is 5. The van der Waals surface area contributed by atoms with Gasteiger partial charge in [0.1, 0.15) is 11.5 Å². The van der Waals surface area contributed by atoms with Gasteiger partial charge >= 0.3 is 0 Å². The van der Waals surface area contributed by atoms with Crippen molar-refractivity contribution < 1.29 is 23.6 Å². The van der Waals surface area contributed by atoms with Crippen LogP contribution in [0, 0.1) is 5.82 Å². The second-order valence-electron chi connectivity index (χ2n) is 8.97. The molecule has 0 spiro atoms. The second kappa shape index (κ2) is 14.4. The maximum absolute atomic E-state index is 14.3. The Morgan fingerprint density at radius 1 is 0.714 bits per heavy atom. The van der Waals surface area contributed by atoms with Gasteiger partial charge in [-0.05, 0) is 72.8 Å². The predicted molar refractivity (Wildman–Crippen MR) is 163 cm³/mol. The molecule has 0 bridgehead atoms. The van der Waals surface area contributed by atoms with Crippen LogP contribution in [-0.2, 0) is 14.4 Å². The van der Waals surface area contributed by atoms with Gasteiger partial charge in [0.15, 0.2) is 0 Å². The molecule has 212 valence electrons. The first-order chi connectivity index (χ1) is 20.3. The van der Waals surface area contributed by atoms with Crippen LogP contribution in [0.1, 0.15) is 22.8 Å². The topological polar surface area (TPSA) is 116 Å². The third-order valence-electron chi connectivity index (χ3n) is 5.71. The van der Waals surface area contributed by atoms with Crippen molar-refractivity contribution in [2.45, 2.75) is 11.8 Å². The molecule has 0 aliphatic carbocycles. The second-order valence-corrected chi connectivity index (χ2v) is 10.0. The van der Waals surface area contributed by atoms with Gasteiger partial charge in [0.05, 0.1) is 5.75 Å². The molecule has 0 heterocycles. The maximum atomic E-state index is 14.3. The Morgan fingerprint density at radius 2 is 1.29 bits per heavy atom. The van der Waals surface area contributed by atoms with E-state index in [1.54, 1.807) is 84.9 Å². The monoisotopic (exact) mass is 582 g/mol. The molecule has 42 heavy (non-hydrogen) atoms. The number of hydrogen-bond donors (Lipinski definition) is 4. The van der Waals surface area contributed by atoms with Gasteiger partial charge in [-0.3, -0.25) is 19.2 Å². The molecule has 10 heteroatoms. The molecule has 8 nitrogen and oxygen atoms in total. The number of thioether (sulfide) groups is 1. The van der Waals surface area contributed by atoms with E-state index >= 15 is 0 Å². The average Bonchev–Trinajstić information content (AvgIpc) is 2.98. The Kier molecular flexibility index (Phi) is 10.2. The highest BCUT2D eigenvalue weighted by Gasteiger charge is 2.16. The number of carbonyl (C=O) groups is 4. The SMILES string of the molecule is CC(=O)Nc1ccc(NC(=O)CSc2ccc(NC(=O)/C(=C/c3ccccc3F)NC(=O)c3ccccc3)cc2)cc1. The van der Waals surface area contributed by atoms with Gasteiger partial charge in [0, 0.05) is 40.0 Å². The van der Waals surface area contributed by atoms with E-state index in [1.807, 2.05) is 0 Å². The van der Waals surface area contributed by atoms with Crippen LogP contribution >= 0.6 is 11.8 Å². The molecule has 0 aromatic heterocycles. The Morgan fingerprint density at radius 3 is 1.93 bits per heavy atom. The molecule has 0 saturated heterocycles. The summed E-state index contributed by atoms with van der Waals surface area (Å²) in [6, 6.07) is 27.9. The molecule has 0 aliphatic rings. The molecule has 4 aromatic carbocycles. The summed E-state index contributed by atoms with van der Waals surface area (Å²) in [6.45, 7) is 1.42. The third-order valence-corrected chi connectivity index (χ3v) is 6.72. The molecule has 4 aromatic rings. The first-order valence-corrected chi connectivity index (χ1v) is 13.8. The van der Waals surface area contributed by atoms with Crippen molar-refractivity contribution in [3.05, 3.63) is 126 Å². The largest absolute Gasteiger partial charge is 0.326 e. The average molecular weight is 583 g/mol. The summed E-state index contributed by atoms with van der Waals surface area (Å²) in [7, 11) is 0. The molecule has 0 aliphatic heterocycles. The zero-order valence-corrected chi connectivity index (χ0v) is 23.3. The fourth-order valence-corrected chi connectivity index (χ4v) is 4.41. The number of carbonyl (C=O) groups excluding carboxylic acids is 4. The van der Waals surface area contributed by atoms with Crippen LogP contribution in [0.4, 0.5) is 21.5 Å². The Hall–Kier alpha value is -5.22. The van der Waals surface area contributed by atoms with E-state index in [1.165, 1.54) is 43.0 Å². The summed E-state index contributed by atoms with van der Waals surface area (Å²) in [5.74, 6) is -1.91.